The van der Waals surface area contributed by atoms with E-state index >= 15 is 0 Å². The van der Waals surface area contributed by atoms with Gasteiger partial charge in [0.2, 0.25) is 0 Å². The van der Waals surface area contributed by atoms with Crippen molar-refractivity contribution in [2.75, 3.05) is 13.2 Å². The van der Waals surface area contributed by atoms with Crippen LogP contribution in [0.4, 0.5) is 0 Å². The average molecular weight is 416 g/mol. The highest BCUT2D eigenvalue weighted by Crippen LogP contribution is 2.28. The summed E-state index contributed by atoms with van der Waals surface area (Å²) >= 11 is 6.77. The standard InChI is InChI=1S/C16H16Br2O3/c1-11(19)15-10-13(18)4-7-16(15)21-9-8-20-14-5-2-12(17)3-6-14/h2-7,10-11,19H,8-9H2,1H3. The second-order valence-electron chi connectivity index (χ2n) is 4.51. The summed E-state index contributed by atoms with van der Waals surface area (Å²) < 4.78 is 13.2. The van der Waals surface area contributed by atoms with E-state index in [0.29, 0.717) is 19.0 Å². The van der Waals surface area contributed by atoms with Gasteiger partial charge >= 0.3 is 0 Å². The monoisotopic (exact) mass is 414 g/mol. The topological polar surface area (TPSA) is 38.7 Å². The summed E-state index contributed by atoms with van der Waals surface area (Å²) in [5.41, 5.74) is 0.757. The fourth-order valence-corrected chi connectivity index (χ4v) is 2.46. The smallest absolute Gasteiger partial charge is 0.125 e. The molecule has 0 fully saturated rings. The van der Waals surface area contributed by atoms with Crippen LogP contribution in [-0.2, 0) is 0 Å². The van der Waals surface area contributed by atoms with Gasteiger partial charge < -0.3 is 14.6 Å². The van der Waals surface area contributed by atoms with Gasteiger partial charge in [0.05, 0.1) is 6.10 Å². The molecule has 3 nitrogen and oxygen atoms in total. The lowest BCUT2D eigenvalue weighted by atomic mass is 10.1. The van der Waals surface area contributed by atoms with Crippen LogP contribution in [0.15, 0.2) is 51.4 Å². The first kappa shape index (κ1) is 16.3. The predicted molar refractivity (Wildman–Crippen MR) is 89.9 cm³/mol. The maximum Gasteiger partial charge on any atom is 0.125 e. The fraction of sp³-hybridized carbons (Fsp3) is 0.250. The molecule has 0 aromatic heterocycles. The van der Waals surface area contributed by atoms with E-state index in [0.717, 1.165) is 20.3 Å². The third kappa shape index (κ3) is 5.02. The second kappa shape index (κ2) is 7.82. The molecular weight excluding hydrogens is 400 g/mol. The van der Waals surface area contributed by atoms with Crippen LogP contribution < -0.4 is 9.47 Å². The van der Waals surface area contributed by atoms with Crippen LogP contribution in [0.1, 0.15) is 18.6 Å². The zero-order valence-corrected chi connectivity index (χ0v) is 14.7. The number of ether oxygens (including phenoxy) is 2. The van der Waals surface area contributed by atoms with E-state index in [1.165, 1.54) is 0 Å². The van der Waals surface area contributed by atoms with Gasteiger partial charge in [-0.15, -0.1) is 0 Å². The van der Waals surface area contributed by atoms with Crippen molar-refractivity contribution in [1.82, 2.24) is 0 Å². The summed E-state index contributed by atoms with van der Waals surface area (Å²) in [6.07, 6.45) is -0.579. The van der Waals surface area contributed by atoms with Crippen LogP contribution in [0.25, 0.3) is 0 Å². The zero-order valence-electron chi connectivity index (χ0n) is 11.6. The molecule has 0 amide bonds. The molecule has 5 heteroatoms. The minimum absolute atomic E-state index is 0.414. The normalized spacial score (nSPS) is 12.0. The molecular formula is C16H16Br2O3. The lowest BCUT2D eigenvalue weighted by molar-refractivity contribution is 0.182. The van der Waals surface area contributed by atoms with Crippen molar-refractivity contribution in [3.8, 4) is 11.5 Å². The van der Waals surface area contributed by atoms with Crippen LogP contribution in [0.2, 0.25) is 0 Å². The molecule has 2 rings (SSSR count). The van der Waals surface area contributed by atoms with E-state index < -0.39 is 6.10 Å². The molecule has 1 N–H and O–H groups in total. The van der Waals surface area contributed by atoms with Gasteiger partial charge in [0.25, 0.3) is 0 Å². The number of aliphatic hydroxyl groups is 1. The molecule has 112 valence electrons. The maximum absolute atomic E-state index is 9.75. The van der Waals surface area contributed by atoms with Crippen LogP contribution in [-0.4, -0.2) is 18.3 Å². The minimum atomic E-state index is -0.579. The Balaban J connectivity index is 1.87. The van der Waals surface area contributed by atoms with Gasteiger partial charge in [-0.05, 0) is 49.4 Å². The Morgan fingerprint density at radius 3 is 2.24 bits per heavy atom. The molecule has 0 aliphatic carbocycles. The van der Waals surface area contributed by atoms with Crippen molar-refractivity contribution < 1.29 is 14.6 Å². The Hall–Kier alpha value is -1.04. The van der Waals surface area contributed by atoms with Gasteiger partial charge in [0.1, 0.15) is 24.7 Å². The first-order valence-electron chi connectivity index (χ1n) is 6.55. The number of rotatable bonds is 6. The van der Waals surface area contributed by atoms with Crippen LogP contribution in [0, 0.1) is 0 Å². The first-order chi connectivity index (χ1) is 10.1. The summed E-state index contributed by atoms with van der Waals surface area (Å²) in [5.74, 6) is 1.47. The molecule has 0 saturated carbocycles. The molecule has 0 radical (unpaired) electrons. The summed E-state index contributed by atoms with van der Waals surface area (Å²) in [6, 6.07) is 13.2. The van der Waals surface area contributed by atoms with E-state index in [9.17, 15) is 5.11 Å². The summed E-state index contributed by atoms with van der Waals surface area (Å²) in [7, 11) is 0. The van der Waals surface area contributed by atoms with Crippen LogP contribution in [0.3, 0.4) is 0 Å². The summed E-state index contributed by atoms with van der Waals surface area (Å²) in [6.45, 7) is 2.57. The largest absolute Gasteiger partial charge is 0.490 e. The Morgan fingerprint density at radius 1 is 0.952 bits per heavy atom. The van der Waals surface area contributed by atoms with Crippen molar-refractivity contribution in [3.05, 3.63) is 57.0 Å². The lowest BCUT2D eigenvalue weighted by Gasteiger charge is -2.14. The van der Waals surface area contributed by atoms with Gasteiger partial charge in [-0.25, -0.2) is 0 Å². The average Bonchev–Trinajstić information content (AvgIpc) is 2.46. The second-order valence-corrected chi connectivity index (χ2v) is 6.34. The van der Waals surface area contributed by atoms with E-state index in [-0.39, 0.29) is 0 Å². The number of benzene rings is 2. The van der Waals surface area contributed by atoms with Gasteiger partial charge in [-0.2, -0.15) is 0 Å². The van der Waals surface area contributed by atoms with Gasteiger partial charge in [-0.3, -0.25) is 0 Å². The zero-order chi connectivity index (χ0) is 15.2. The molecule has 2 aromatic carbocycles. The quantitative estimate of drug-likeness (QED) is 0.693. The molecule has 2 aromatic rings. The van der Waals surface area contributed by atoms with E-state index in [4.69, 9.17) is 9.47 Å². The Bertz CT molecular complexity index is 583. The third-order valence-electron chi connectivity index (χ3n) is 2.85. The highest BCUT2D eigenvalue weighted by Gasteiger charge is 2.09. The Labute approximate surface area is 141 Å². The fourth-order valence-electron chi connectivity index (χ4n) is 1.82. The highest BCUT2D eigenvalue weighted by atomic mass is 79.9. The summed E-state index contributed by atoms with van der Waals surface area (Å²) in [5, 5.41) is 9.75. The minimum Gasteiger partial charge on any atom is -0.490 e. The molecule has 0 bridgehead atoms. The van der Waals surface area contributed by atoms with Gasteiger partial charge in [0, 0.05) is 14.5 Å². The molecule has 0 spiro atoms. The number of hydrogen-bond acceptors (Lipinski definition) is 3. The van der Waals surface area contributed by atoms with Crippen LogP contribution >= 0.6 is 31.9 Å². The van der Waals surface area contributed by atoms with Crippen molar-refractivity contribution >= 4 is 31.9 Å². The SMILES string of the molecule is CC(O)c1cc(Br)ccc1OCCOc1ccc(Br)cc1. The van der Waals surface area contributed by atoms with Crippen LogP contribution in [0.5, 0.6) is 11.5 Å². The number of hydrogen-bond donors (Lipinski definition) is 1. The molecule has 0 aliphatic rings. The van der Waals surface area contributed by atoms with Gasteiger partial charge in [-0.1, -0.05) is 31.9 Å². The molecule has 0 heterocycles. The number of halogens is 2. The first-order valence-corrected chi connectivity index (χ1v) is 8.13. The predicted octanol–water partition coefficient (Wildman–Crippen LogP) is 4.72. The molecule has 0 aliphatic heterocycles. The lowest BCUT2D eigenvalue weighted by Crippen LogP contribution is -2.10. The Morgan fingerprint density at radius 2 is 1.57 bits per heavy atom. The van der Waals surface area contributed by atoms with E-state index in [1.807, 2.05) is 42.5 Å². The molecule has 21 heavy (non-hydrogen) atoms. The van der Waals surface area contributed by atoms with Crippen molar-refractivity contribution in [1.29, 1.82) is 0 Å². The molecule has 1 unspecified atom stereocenters. The summed E-state index contributed by atoms with van der Waals surface area (Å²) in [4.78, 5) is 0. The van der Waals surface area contributed by atoms with Gasteiger partial charge in [0.15, 0.2) is 0 Å². The van der Waals surface area contributed by atoms with Crippen molar-refractivity contribution in [2.24, 2.45) is 0 Å². The molecule has 0 saturated heterocycles. The third-order valence-corrected chi connectivity index (χ3v) is 3.87. The Kier molecular flexibility index (Phi) is 6.08. The van der Waals surface area contributed by atoms with E-state index in [1.54, 1.807) is 6.92 Å². The van der Waals surface area contributed by atoms with E-state index in [2.05, 4.69) is 31.9 Å². The van der Waals surface area contributed by atoms with Crippen molar-refractivity contribution in [3.63, 3.8) is 0 Å². The highest BCUT2D eigenvalue weighted by molar-refractivity contribution is 9.10. The number of aliphatic hydroxyl groups excluding tert-OH is 1. The van der Waals surface area contributed by atoms with Crippen molar-refractivity contribution in [2.45, 2.75) is 13.0 Å². The maximum atomic E-state index is 9.75. The molecule has 1 atom stereocenters.